The Bertz CT molecular complexity index is 1010. The Hall–Kier alpha value is -2.67. The highest BCUT2D eigenvalue weighted by molar-refractivity contribution is 9.10. The molecule has 1 aliphatic heterocycles. The number of fused-ring (bicyclic) bond motifs is 1. The number of oxazole rings is 1. The number of anilines is 1. The van der Waals surface area contributed by atoms with Gasteiger partial charge in [0.1, 0.15) is 5.52 Å². The molecule has 1 atom stereocenters. The van der Waals surface area contributed by atoms with Crippen LogP contribution in [0.5, 0.6) is 0 Å². The number of nitrogen functional groups attached to an aromatic ring is 1. The molecular weight excluding hydrogens is 384 g/mol. The average molecular weight is 399 g/mol. The van der Waals surface area contributed by atoms with Gasteiger partial charge in [-0.3, -0.25) is 4.79 Å². The fourth-order valence-electron chi connectivity index (χ4n) is 3.09. The third-order valence-corrected chi connectivity index (χ3v) is 4.92. The molecule has 2 heterocycles. The van der Waals surface area contributed by atoms with Crippen molar-refractivity contribution in [2.45, 2.75) is 19.4 Å². The number of rotatable bonds is 2. The second kappa shape index (κ2) is 6.00. The summed E-state index contributed by atoms with van der Waals surface area (Å²) in [5.74, 6) is -0.105. The van der Waals surface area contributed by atoms with Crippen LogP contribution in [0.25, 0.3) is 11.1 Å². The Morgan fingerprint density at radius 1 is 1.32 bits per heavy atom. The number of hydrazone groups is 1. The van der Waals surface area contributed by atoms with E-state index >= 15 is 0 Å². The zero-order valence-electron chi connectivity index (χ0n) is 13.4. The highest BCUT2D eigenvalue weighted by atomic mass is 79.9. The SMILES string of the molecule is CC(=O)N1N=C(c2ccccc2Br)CC1c1ccc2oc(N)nc2c1. The van der Waals surface area contributed by atoms with Gasteiger partial charge in [-0.1, -0.05) is 40.2 Å². The molecule has 0 bridgehead atoms. The van der Waals surface area contributed by atoms with Crippen LogP contribution in [0.2, 0.25) is 0 Å². The molecule has 4 rings (SSSR count). The van der Waals surface area contributed by atoms with Crippen molar-refractivity contribution in [3.63, 3.8) is 0 Å². The predicted molar refractivity (Wildman–Crippen MR) is 99.0 cm³/mol. The van der Waals surface area contributed by atoms with Crippen LogP contribution in [0, 0.1) is 0 Å². The molecule has 0 saturated carbocycles. The zero-order chi connectivity index (χ0) is 17.6. The highest BCUT2D eigenvalue weighted by Gasteiger charge is 2.32. The Morgan fingerprint density at radius 3 is 2.88 bits per heavy atom. The van der Waals surface area contributed by atoms with Crippen LogP contribution in [0.4, 0.5) is 6.01 Å². The van der Waals surface area contributed by atoms with Gasteiger partial charge < -0.3 is 10.2 Å². The van der Waals surface area contributed by atoms with Gasteiger partial charge in [-0.2, -0.15) is 10.1 Å². The fourth-order valence-corrected chi connectivity index (χ4v) is 3.60. The van der Waals surface area contributed by atoms with Gasteiger partial charge in [-0.05, 0) is 23.8 Å². The number of carbonyl (C=O) groups excluding carboxylic acids is 1. The van der Waals surface area contributed by atoms with E-state index in [1.54, 1.807) is 0 Å². The van der Waals surface area contributed by atoms with Crippen LogP contribution in [0.3, 0.4) is 0 Å². The summed E-state index contributed by atoms with van der Waals surface area (Å²) in [5, 5.41) is 6.09. The molecule has 7 heteroatoms. The van der Waals surface area contributed by atoms with E-state index in [0.717, 1.165) is 21.3 Å². The van der Waals surface area contributed by atoms with E-state index < -0.39 is 0 Å². The number of benzene rings is 2. The first-order valence-corrected chi connectivity index (χ1v) is 8.60. The van der Waals surface area contributed by atoms with Crippen LogP contribution < -0.4 is 5.73 Å². The molecule has 2 N–H and O–H groups in total. The lowest BCUT2D eigenvalue weighted by molar-refractivity contribution is -0.130. The summed E-state index contributed by atoms with van der Waals surface area (Å²) >= 11 is 3.55. The standard InChI is InChI=1S/C18H15BrN4O2/c1-10(24)23-16(9-14(22-23)12-4-2-3-5-13(12)19)11-6-7-17-15(8-11)21-18(20)25-17/h2-8,16H,9H2,1H3,(H2,20,21). The van der Waals surface area contributed by atoms with Gasteiger partial charge in [0.05, 0.1) is 11.8 Å². The second-order valence-electron chi connectivity index (χ2n) is 5.89. The molecule has 1 amide bonds. The van der Waals surface area contributed by atoms with E-state index in [1.807, 2.05) is 42.5 Å². The van der Waals surface area contributed by atoms with Crippen molar-refractivity contribution in [3.05, 3.63) is 58.1 Å². The van der Waals surface area contributed by atoms with Crippen molar-refractivity contribution in [2.24, 2.45) is 5.10 Å². The Labute approximate surface area is 152 Å². The summed E-state index contributed by atoms with van der Waals surface area (Å²) in [6, 6.07) is 13.5. The number of amides is 1. The van der Waals surface area contributed by atoms with E-state index in [-0.39, 0.29) is 18.0 Å². The molecule has 6 nitrogen and oxygen atoms in total. The topological polar surface area (TPSA) is 84.7 Å². The number of aromatic nitrogens is 1. The number of hydrogen-bond acceptors (Lipinski definition) is 5. The maximum atomic E-state index is 12.1. The van der Waals surface area contributed by atoms with Crippen molar-refractivity contribution in [1.29, 1.82) is 0 Å². The quantitative estimate of drug-likeness (QED) is 0.709. The molecule has 0 saturated heterocycles. The van der Waals surface area contributed by atoms with E-state index in [1.165, 1.54) is 11.9 Å². The van der Waals surface area contributed by atoms with Gasteiger partial charge in [-0.25, -0.2) is 5.01 Å². The lowest BCUT2D eigenvalue weighted by atomic mass is 9.98. The molecular formula is C18H15BrN4O2. The van der Waals surface area contributed by atoms with Crippen LogP contribution in [0.15, 0.2) is 56.5 Å². The predicted octanol–water partition coefficient (Wildman–Crippen LogP) is 3.87. The van der Waals surface area contributed by atoms with Crippen LogP contribution >= 0.6 is 15.9 Å². The van der Waals surface area contributed by atoms with Crippen molar-refractivity contribution >= 4 is 44.7 Å². The number of hydrogen-bond donors (Lipinski definition) is 1. The first kappa shape index (κ1) is 15.8. The maximum Gasteiger partial charge on any atom is 0.292 e. The fraction of sp³-hybridized carbons (Fsp3) is 0.167. The van der Waals surface area contributed by atoms with Gasteiger partial charge in [-0.15, -0.1) is 0 Å². The summed E-state index contributed by atoms with van der Waals surface area (Å²) in [6.45, 7) is 1.52. The third kappa shape index (κ3) is 2.80. The number of carbonyl (C=O) groups is 1. The van der Waals surface area contributed by atoms with E-state index in [2.05, 4.69) is 26.0 Å². The molecule has 126 valence electrons. The smallest absolute Gasteiger partial charge is 0.292 e. The summed E-state index contributed by atoms with van der Waals surface area (Å²) in [5.41, 5.74) is 9.72. The number of nitrogens with zero attached hydrogens (tertiary/aromatic N) is 3. The molecule has 0 spiro atoms. The van der Waals surface area contributed by atoms with E-state index in [9.17, 15) is 4.79 Å². The molecule has 1 aromatic heterocycles. The van der Waals surface area contributed by atoms with Crippen LogP contribution in [-0.2, 0) is 4.79 Å². The lowest BCUT2D eigenvalue weighted by Crippen LogP contribution is -2.24. The Kier molecular flexibility index (Phi) is 3.80. The maximum absolute atomic E-state index is 12.1. The van der Waals surface area contributed by atoms with Gasteiger partial charge in [0.25, 0.3) is 6.01 Å². The molecule has 1 unspecified atom stereocenters. The summed E-state index contributed by atoms with van der Waals surface area (Å²) in [4.78, 5) is 16.3. The molecule has 2 aromatic carbocycles. The summed E-state index contributed by atoms with van der Waals surface area (Å²) < 4.78 is 6.27. The van der Waals surface area contributed by atoms with Gasteiger partial charge >= 0.3 is 0 Å². The van der Waals surface area contributed by atoms with Crippen LogP contribution in [0.1, 0.15) is 30.5 Å². The second-order valence-corrected chi connectivity index (χ2v) is 6.74. The summed E-state index contributed by atoms with van der Waals surface area (Å²) in [7, 11) is 0. The largest absolute Gasteiger partial charge is 0.424 e. The normalized spacial score (nSPS) is 17.1. The monoisotopic (exact) mass is 398 g/mol. The van der Waals surface area contributed by atoms with Crippen LogP contribution in [-0.4, -0.2) is 21.6 Å². The minimum Gasteiger partial charge on any atom is -0.424 e. The minimum atomic E-state index is -0.179. The van der Waals surface area contributed by atoms with Gasteiger partial charge in [0.15, 0.2) is 5.58 Å². The number of halogens is 1. The minimum absolute atomic E-state index is 0.105. The third-order valence-electron chi connectivity index (χ3n) is 4.23. The first-order chi connectivity index (χ1) is 12.0. The van der Waals surface area contributed by atoms with Crippen molar-refractivity contribution in [1.82, 2.24) is 9.99 Å². The van der Waals surface area contributed by atoms with Gasteiger partial charge in [0.2, 0.25) is 5.91 Å². The van der Waals surface area contributed by atoms with Crippen molar-refractivity contribution in [2.75, 3.05) is 5.73 Å². The lowest BCUT2D eigenvalue weighted by Gasteiger charge is -2.20. The molecule has 0 radical (unpaired) electrons. The molecule has 0 fully saturated rings. The van der Waals surface area contributed by atoms with Crippen molar-refractivity contribution < 1.29 is 9.21 Å². The highest BCUT2D eigenvalue weighted by Crippen LogP contribution is 2.35. The van der Waals surface area contributed by atoms with E-state index in [4.69, 9.17) is 10.2 Å². The molecule has 25 heavy (non-hydrogen) atoms. The number of nitrogens with two attached hydrogens (primary N) is 1. The molecule has 0 aliphatic carbocycles. The first-order valence-electron chi connectivity index (χ1n) is 7.81. The summed E-state index contributed by atoms with van der Waals surface area (Å²) in [6.07, 6.45) is 0.626. The Morgan fingerprint density at radius 2 is 2.12 bits per heavy atom. The average Bonchev–Trinajstić information content (AvgIpc) is 3.17. The Balaban J connectivity index is 1.74. The zero-order valence-corrected chi connectivity index (χ0v) is 15.0. The van der Waals surface area contributed by atoms with Crippen molar-refractivity contribution in [3.8, 4) is 0 Å². The molecule has 3 aromatic rings. The van der Waals surface area contributed by atoms with E-state index in [0.29, 0.717) is 17.5 Å². The molecule has 1 aliphatic rings. The van der Waals surface area contributed by atoms with Gasteiger partial charge in [0, 0.05) is 23.4 Å².